The maximum Gasteiger partial charge on any atom is 0.330 e. The number of hydrogen-bond acceptors (Lipinski definition) is 7. The van der Waals surface area contributed by atoms with Crippen LogP contribution >= 0.6 is 0 Å². The van der Waals surface area contributed by atoms with E-state index < -0.39 is 29.7 Å². The van der Waals surface area contributed by atoms with E-state index in [-0.39, 0.29) is 18.6 Å². The molecule has 3 atom stereocenters. The van der Waals surface area contributed by atoms with E-state index in [4.69, 9.17) is 18.9 Å². The van der Waals surface area contributed by atoms with Crippen molar-refractivity contribution < 1.29 is 24.1 Å². The SMILES string of the molecule is CCCCCc1cn([C@H]2C[C@H](O)[C@@H](COC(c3ccccc3)(c3ccc(OC)cc3)c3ccc(OC)cc3)O2)c(=O)[nH]c1=O. The Morgan fingerprint density at radius 2 is 1.48 bits per heavy atom. The predicted molar refractivity (Wildman–Crippen MR) is 167 cm³/mol. The summed E-state index contributed by atoms with van der Waals surface area (Å²) < 4.78 is 25.4. The molecule has 44 heavy (non-hydrogen) atoms. The highest BCUT2D eigenvalue weighted by Crippen LogP contribution is 2.42. The van der Waals surface area contributed by atoms with Gasteiger partial charge in [0.05, 0.1) is 26.9 Å². The zero-order valence-corrected chi connectivity index (χ0v) is 25.4. The Labute approximate surface area is 257 Å². The van der Waals surface area contributed by atoms with Crippen LogP contribution in [0.5, 0.6) is 11.5 Å². The van der Waals surface area contributed by atoms with Crippen molar-refractivity contribution in [2.45, 2.75) is 63.1 Å². The molecule has 2 N–H and O–H groups in total. The number of aliphatic hydroxyl groups excluding tert-OH is 1. The lowest BCUT2D eigenvalue weighted by Crippen LogP contribution is -2.38. The van der Waals surface area contributed by atoms with Crippen LogP contribution < -0.4 is 20.7 Å². The van der Waals surface area contributed by atoms with Crippen molar-refractivity contribution in [2.24, 2.45) is 0 Å². The average Bonchev–Trinajstić information content (AvgIpc) is 3.43. The molecule has 0 radical (unpaired) electrons. The molecular weight excluding hydrogens is 560 g/mol. The number of nitrogens with zero attached hydrogens (tertiary/aromatic N) is 1. The van der Waals surface area contributed by atoms with Crippen LogP contribution in [0.2, 0.25) is 0 Å². The van der Waals surface area contributed by atoms with Gasteiger partial charge in [0.1, 0.15) is 29.4 Å². The fourth-order valence-electron chi connectivity index (χ4n) is 5.80. The molecule has 1 aliphatic rings. The lowest BCUT2D eigenvalue weighted by molar-refractivity contribution is -0.0944. The third-order valence-corrected chi connectivity index (χ3v) is 8.24. The minimum Gasteiger partial charge on any atom is -0.497 e. The second-order valence-electron chi connectivity index (χ2n) is 11.0. The summed E-state index contributed by atoms with van der Waals surface area (Å²) in [6, 6.07) is 25.3. The number of ether oxygens (including phenoxy) is 4. The van der Waals surface area contributed by atoms with E-state index in [0.717, 1.165) is 36.0 Å². The second-order valence-corrected chi connectivity index (χ2v) is 11.0. The summed E-state index contributed by atoms with van der Waals surface area (Å²) in [5, 5.41) is 11.1. The third-order valence-electron chi connectivity index (χ3n) is 8.24. The molecule has 1 fully saturated rings. The number of unbranched alkanes of at least 4 members (excludes halogenated alkanes) is 2. The molecule has 232 valence electrons. The first-order valence-electron chi connectivity index (χ1n) is 15.1. The first-order chi connectivity index (χ1) is 21.4. The summed E-state index contributed by atoms with van der Waals surface area (Å²) in [5.74, 6) is 1.42. The maximum atomic E-state index is 12.8. The fourth-order valence-corrected chi connectivity index (χ4v) is 5.80. The Morgan fingerprint density at radius 3 is 2.05 bits per heavy atom. The number of methoxy groups -OCH3 is 2. The largest absolute Gasteiger partial charge is 0.497 e. The Morgan fingerprint density at radius 1 is 0.886 bits per heavy atom. The zero-order chi connectivity index (χ0) is 31.1. The Bertz CT molecular complexity index is 1570. The van der Waals surface area contributed by atoms with E-state index in [9.17, 15) is 14.7 Å². The van der Waals surface area contributed by atoms with Crippen LogP contribution in [0.1, 0.15) is 61.1 Å². The van der Waals surface area contributed by atoms with Gasteiger partial charge < -0.3 is 24.1 Å². The minimum atomic E-state index is -1.08. The lowest BCUT2D eigenvalue weighted by atomic mass is 9.80. The molecule has 3 aromatic carbocycles. The quantitative estimate of drug-likeness (QED) is 0.165. The van der Waals surface area contributed by atoms with Gasteiger partial charge in [0, 0.05) is 18.2 Å². The predicted octanol–water partition coefficient (Wildman–Crippen LogP) is 4.94. The van der Waals surface area contributed by atoms with Crippen LogP contribution in [0.4, 0.5) is 0 Å². The smallest absolute Gasteiger partial charge is 0.330 e. The maximum absolute atomic E-state index is 12.8. The van der Waals surface area contributed by atoms with Crippen LogP contribution in [0.3, 0.4) is 0 Å². The summed E-state index contributed by atoms with van der Waals surface area (Å²) in [4.78, 5) is 27.6. The molecule has 4 aromatic rings. The highest BCUT2D eigenvalue weighted by Gasteiger charge is 2.42. The molecule has 9 heteroatoms. The standard InChI is InChI=1S/C35H40N2O7/c1-4-5-7-10-24-22-37(34(40)36-33(24)39)32-21-30(38)31(44-32)23-43-35(25-11-8-6-9-12-25,26-13-17-28(41-2)18-14-26)27-15-19-29(42-3)20-16-27/h6,8-9,11-20,22,30-32,38H,4-5,7,10,21,23H2,1-3H3,(H,36,39,40)/t30-,31+,32+/m0/s1. The van der Waals surface area contributed by atoms with Crippen molar-refractivity contribution in [3.05, 3.63) is 128 Å². The molecular formula is C35H40N2O7. The molecule has 5 rings (SSSR count). The monoisotopic (exact) mass is 600 g/mol. The summed E-state index contributed by atoms with van der Waals surface area (Å²) >= 11 is 0. The summed E-state index contributed by atoms with van der Waals surface area (Å²) in [5.41, 5.74) is 1.09. The molecule has 0 aliphatic carbocycles. The normalized spacial score (nSPS) is 18.3. The van der Waals surface area contributed by atoms with Gasteiger partial charge in [0.2, 0.25) is 0 Å². The minimum absolute atomic E-state index is 0.0199. The van der Waals surface area contributed by atoms with Crippen molar-refractivity contribution in [1.29, 1.82) is 0 Å². The molecule has 1 saturated heterocycles. The van der Waals surface area contributed by atoms with Crippen molar-refractivity contribution in [3.63, 3.8) is 0 Å². The van der Waals surface area contributed by atoms with Gasteiger partial charge in [0.25, 0.3) is 5.56 Å². The van der Waals surface area contributed by atoms with Crippen LogP contribution in [0, 0.1) is 0 Å². The van der Waals surface area contributed by atoms with Crippen LogP contribution in [-0.2, 0) is 21.5 Å². The number of aromatic amines is 1. The molecule has 2 heterocycles. The number of aryl methyl sites for hydroxylation is 1. The Hall–Kier alpha value is -4.18. The van der Waals surface area contributed by atoms with Crippen molar-refractivity contribution in [1.82, 2.24) is 9.55 Å². The lowest BCUT2D eigenvalue weighted by Gasteiger charge is -2.37. The van der Waals surface area contributed by atoms with E-state index in [1.54, 1.807) is 20.4 Å². The van der Waals surface area contributed by atoms with Gasteiger partial charge >= 0.3 is 5.69 Å². The van der Waals surface area contributed by atoms with Gasteiger partial charge in [-0.15, -0.1) is 0 Å². The zero-order valence-electron chi connectivity index (χ0n) is 25.4. The van der Waals surface area contributed by atoms with Gasteiger partial charge in [-0.1, -0.05) is 74.4 Å². The number of nitrogens with one attached hydrogen (secondary N) is 1. The summed E-state index contributed by atoms with van der Waals surface area (Å²) in [6.07, 6.45) is 2.79. The molecule has 0 amide bonds. The highest BCUT2D eigenvalue weighted by atomic mass is 16.6. The van der Waals surface area contributed by atoms with Crippen molar-refractivity contribution in [3.8, 4) is 11.5 Å². The number of hydrogen-bond donors (Lipinski definition) is 2. The van der Waals surface area contributed by atoms with E-state index in [2.05, 4.69) is 11.9 Å². The molecule has 0 unspecified atom stereocenters. The second kappa shape index (κ2) is 14.1. The topological polar surface area (TPSA) is 112 Å². The molecule has 0 bridgehead atoms. The number of aromatic nitrogens is 2. The Balaban J connectivity index is 1.48. The number of aliphatic hydroxyl groups is 1. The first-order valence-corrected chi connectivity index (χ1v) is 15.1. The summed E-state index contributed by atoms with van der Waals surface area (Å²) in [7, 11) is 3.24. The Kier molecular flexibility index (Phi) is 9.99. The van der Waals surface area contributed by atoms with Gasteiger partial charge in [-0.2, -0.15) is 0 Å². The molecule has 0 saturated carbocycles. The summed E-state index contributed by atoms with van der Waals surface area (Å²) in [6.45, 7) is 2.11. The van der Waals surface area contributed by atoms with E-state index >= 15 is 0 Å². The van der Waals surface area contributed by atoms with Crippen LogP contribution in [-0.4, -0.2) is 47.7 Å². The molecule has 0 spiro atoms. The van der Waals surface area contributed by atoms with Gasteiger partial charge in [-0.3, -0.25) is 14.3 Å². The van der Waals surface area contributed by atoms with Crippen LogP contribution in [0.25, 0.3) is 0 Å². The number of H-pyrrole nitrogens is 1. The fraction of sp³-hybridized carbons (Fsp3) is 0.371. The van der Waals surface area contributed by atoms with Gasteiger partial charge in [0.15, 0.2) is 0 Å². The number of rotatable bonds is 13. The highest BCUT2D eigenvalue weighted by molar-refractivity contribution is 5.49. The first kappa shape index (κ1) is 31.3. The van der Waals surface area contributed by atoms with Crippen LogP contribution in [0.15, 0.2) is 94.6 Å². The third kappa shape index (κ3) is 6.50. The van der Waals surface area contributed by atoms with E-state index in [1.165, 1.54) is 4.57 Å². The van der Waals surface area contributed by atoms with E-state index in [0.29, 0.717) is 23.5 Å². The van der Waals surface area contributed by atoms with E-state index in [1.807, 2.05) is 78.9 Å². The van der Waals surface area contributed by atoms with Crippen molar-refractivity contribution in [2.75, 3.05) is 20.8 Å². The van der Waals surface area contributed by atoms with Gasteiger partial charge in [-0.25, -0.2) is 4.79 Å². The van der Waals surface area contributed by atoms with Crippen molar-refractivity contribution >= 4 is 0 Å². The van der Waals surface area contributed by atoms with Gasteiger partial charge in [-0.05, 0) is 53.8 Å². The number of benzene rings is 3. The molecule has 9 nitrogen and oxygen atoms in total. The molecule has 1 aliphatic heterocycles. The molecule has 1 aromatic heterocycles. The average molecular weight is 601 g/mol.